The van der Waals surface area contributed by atoms with Crippen LogP contribution in [0.1, 0.15) is 36.1 Å². The lowest BCUT2D eigenvalue weighted by atomic mass is 9.71. The third-order valence-corrected chi connectivity index (χ3v) is 5.05. The van der Waals surface area contributed by atoms with Crippen molar-refractivity contribution in [1.29, 1.82) is 0 Å². The Morgan fingerprint density at radius 2 is 1.46 bits per heavy atom. The van der Waals surface area contributed by atoms with Gasteiger partial charge in [-0.25, -0.2) is 0 Å². The first-order valence-corrected chi connectivity index (χ1v) is 8.60. The number of para-hydroxylation sites is 1. The molecule has 1 nitrogen and oxygen atoms in total. The van der Waals surface area contributed by atoms with Gasteiger partial charge in [0.25, 0.3) is 0 Å². The average molecular weight is 314 g/mol. The highest BCUT2D eigenvalue weighted by Gasteiger charge is 2.38. The second-order valence-corrected chi connectivity index (χ2v) is 6.94. The van der Waals surface area contributed by atoms with Crippen molar-refractivity contribution in [2.45, 2.75) is 31.3 Å². The van der Waals surface area contributed by atoms with Crippen LogP contribution in [0.2, 0.25) is 0 Å². The minimum Gasteiger partial charge on any atom is -0.485 e. The fraction of sp³-hybridized carbons (Fsp3) is 0.217. The first-order valence-electron chi connectivity index (χ1n) is 8.60. The maximum Gasteiger partial charge on any atom is 0.125 e. The zero-order chi connectivity index (χ0) is 16.4. The fourth-order valence-electron chi connectivity index (χ4n) is 3.85. The molecular weight excluding hydrogens is 292 g/mol. The molecule has 1 aliphatic heterocycles. The molecule has 1 aliphatic rings. The van der Waals surface area contributed by atoms with Crippen LogP contribution < -0.4 is 4.74 Å². The van der Waals surface area contributed by atoms with Crippen LogP contribution in [0.3, 0.4) is 0 Å². The Hall–Kier alpha value is -2.54. The third-order valence-electron chi connectivity index (χ3n) is 5.05. The van der Waals surface area contributed by atoms with E-state index in [2.05, 4.69) is 91.9 Å². The normalized spacial score (nSPS) is 22.5. The van der Waals surface area contributed by atoms with Gasteiger partial charge < -0.3 is 4.74 Å². The zero-order valence-corrected chi connectivity index (χ0v) is 14.0. The summed E-state index contributed by atoms with van der Waals surface area (Å²) in [5.74, 6) is 1.02. The molecule has 0 fully saturated rings. The maximum atomic E-state index is 6.35. The van der Waals surface area contributed by atoms with Crippen LogP contribution in [0.25, 0.3) is 0 Å². The van der Waals surface area contributed by atoms with Crippen molar-refractivity contribution < 1.29 is 4.74 Å². The van der Waals surface area contributed by atoms with Gasteiger partial charge in [0.2, 0.25) is 0 Å². The topological polar surface area (TPSA) is 9.23 Å². The van der Waals surface area contributed by atoms with Gasteiger partial charge >= 0.3 is 0 Å². The molecule has 1 heterocycles. The molecule has 3 aromatic carbocycles. The second-order valence-electron chi connectivity index (χ2n) is 6.94. The number of rotatable bonds is 3. The molecule has 0 bridgehead atoms. The molecule has 4 rings (SSSR count). The Labute approximate surface area is 143 Å². The first-order chi connectivity index (χ1) is 11.7. The van der Waals surface area contributed by atoms with Crippen molar-refractivity contribution >= 4 is 0 Å². The van der Waals surface area contributed by atoms with Crippen molar-refractivity contribution in [1.82, 2.24) is 0 Å². The molecule has 1 heteroatoms. The number of fused-ring (bicyclic) bond motifs is 1. The van der Waals surface area contributed by atoms with Gasteiger partial charge in [0.1, 0.15) is 11.9 Å². The molecule has 0 N–H and O–H groups in total. The fourth-order valence-corrected chi connectivity index (χ4v) is 3.85. The average Bonchev–Trinajstić information content (AvgIpc) is 2.63. The Bertz CT molecular complexity index is 810. The van der Waals surface area contributed by atoms with E-state index in [1.165, 1.54) is 16.7 Å². The minimum atomic E-state index is 0.0662. The Morgan fingerprint density at radius 3 is 2.21 bits per heavy atom. The Kier molecular flexibility index (Phi) is 3.86. The summed E-state index contributed by atoms with van der Waals surface area (Å²) in [6.07, 6.45) is 2.12. The van der Waals surface area contributed by atoms with Gasteiger partial charge in [-0.1, -0.05) is 85.8 Å². The minimum absolute atomic E-state index is 0.0662. The standard InChI is InChI=1S/C23H22O/c1-23(16-18-10-4-2-5-11-18)17-22(19-12-6-3-7-13-19)24-21-15-9-8-14-20(21)23/h2-15,22H,16-17H2,1H3/t22-,23+/m1/s1. The molecule has 0 radical (unpaired) electrons. The van der Waals surface area contributed by atoms with E-state index in [9.17, 15) is 0 Å². The van der Waals surface area contributed by atoms with Gasteiger partial charge in [0, 0.05) is 11.0 Å². The molecule has 3 aromatic rings. The van der Waals surface area contributed by atoms with Crippen molar-refractivity contribution in [3.8, 4) is 5.75 Å². The highest BCUT2D eigenvalue weighted by molar-refractivity contribution is 5.44. The third kappa shape index (κ3) is 2.82. The lowest BCUT2D eigenvalue weighted by Gasteiger charge is -2.40. The lowest BCUT2D eigenvalue weighted by molar-refractivity contribution is 0.129. The van der Waals surface area contributed by atoms with Gasteiger partial charge in [-0.2, -0.15) is 0 Å². The molecule has 0 aromatic heterocycles. The Balaban J connectivity index is 1.74. The monoisotopic (exact) mass is 314 g/mol. The Morgan fingerprint density at radius 1 is 0.833 bits per heavy atom. The van der Waals surface area contributed by atoms with E-state index in [0.29, 0.717) is 0 Å². The van der Waals surface area contributed by atoms with Crippen LogP contribution in [0.5, 0.6) is 5.75 Å². The first kappa shape index (κ1) is 15.0. The summed E-state index contributed by atoms with van der Waals surface area (Å²) in [4.78, 5) is 0. The quantitative estimate of drug-likeness (QED) is 0.601. The molecule has 24 heavy (non-hydrogen) atoms. The summed E-state index contributed by atoms with van der Waals surface area (Å²) in [6, 6.07) is 29.9. The number of hydrogen-bond donors (Lipinski definition) is 0. The largest absolute Gasteiger partial charge is 0.485 e. The number of hydrogen-bond acceptors (Lipinski definition) is 1. The zero-order valence-electron chi connectivity index (χ0n) is 14.0. The molecule has 0 spiro atoms. The van der Waals surface area contributed by atoms with Crippen LogP contribution in [-0.2, 0) is 11.8 Å². The highest BCUT2D eigenvalue weighted by atomic mass is 16.5. The molecule has 120 valence electrons. The summed E-state index contributed by atoms with van der Waals surface area (Å²) >= 11 is 0. The van der Waals surface area contributed by atoms with Crippen LogP contribution in [0.4, 0.5) is 0 Å². The molecule has 0 aliphatic carbocycles. The predicted molar refractivity (Wildman–Crippen MR) is 98.4 cm³/mol. The molecule has 0 amide bonds. The highest BCUT2D eigenvalue weighted by Crippen LogP contribution is 2.47. The van der Waals surface area contributed by atoms with E-state index in [-0.39, 0.29) is 11.5 Å². The predicted octanol–water partition coefficient (Wildman–Crippen LogP) is 5.71. The van der Waals surface area contributed by atoms with Crippen molar-refractivity contribution in [2.24, 2.45) is 0 Å². The summed E-state index contributed by atoms with van der Waals surface area (Å²) in [5, 5.41) is 0. The SMILES string of the molecule is C[C@]1(Cc2ccccc2)C[C@H](c2ccccc2)Oc2ccccc21. The van der Waals surface area contributed by atoms with E-state index in [1.807, 2.05) is 0 Å². The van der Waals surface area contributed by atoms with E-state index in [1.54, 1.807) is 0 Å². The van der Waals surface area contributed by atoms with Crippen molar-refractivity contribution in [2.75, 3.05) is 0 Å². The van der Waals surface area contributed by atoms with Gasteiger partial charge in [-0.15, -0.1) is 0 Å². The molecule has 2 atom stereocenters. The van der Waals surface area contributed by atoms with Crippen molar-refractivity contribution in [3.05, 3.63) is 102 Å². The molecule has 0 saturated heterocycles. The lowest BCUT2D eigenvalue weighted by Crippen LogP contribution is -2.34. The summed E-state index contributed by atoms with van der Waals surface area (Å²) in [7, 11) is 0. The molecule has 0 unspecified atom stereocenters. The number of benzene rings is 3. The maximum absolute atomic E-state index is 6.35. The summed E-state index contributed by atoms with van der Waals surface area (Å²) in [5.41, 5.74) is 4.02. The van der Waals surface area contributed by atoms with E-state index >= 15 is 0 Å². The number of ether oxygens (including phenoxy) is 1. The van der Waals surface area contributed by atoms with Crippen LogP contribution >= 0.6 is 0 Å². The summed E-state index contributed by atoms with van der Waals surface area (Å²) in [6.45, 7) is 2.37. The van der Waals surface area contributed by atoms with E-state index in [0.717, 1.165) is 18.6 Å². The van der Waals surface area contributed by atoms with Gasteiger partial charge in [-0.3, -0.25) is 0 Å². The van der Waals surface area contributed by atoms with E-state index in [4.69, 9.17) is 4.74 Å². The van der Waals surface area contributed by atoms with Crippen LogP contribution in [-0.4, -0.2) is 0 Å². The smallest absolute Gasteiger partial charge is 0.125 e. The summed E-state index contributed by atoms with van der Waals surface area (Å²) < 4.78 is 6.35. The van der Waals surface area contributed by atoms with Crippen LogP contribution in [0, 0.1) is 0 Å². The van der Waals surface area contributed by atoms with Crippen LogP contribution in [0.15, 0.2) is 84.9 Å². The molecule has 0 saturated carbocycles. The van der Waals surface area contributed by atoms with Gasteiger partial charge in [0.15, 0.2) is 0 Å². The van der Waals surface area contributed by atoms with Crippen molar-refractivity contribution in [3.63, 3.8) is 0 Å². The second kappa shape index (κ2) is 6.16. The van der Waals surface area contributed by atoms with E-state index < -0.39 is 0 Å². The van der Waals surface area contributed by atoms with Gasteiger partial charge in [0.05, 0.1) is 0 Å². The van der Waals surface area contributed by atoms with Gasteiger partial charge in [-0.05, 0) is 30.0 Å². The molecular formula is C23H22O.